The Morgan fingerprint density at radius 3 is 2.53 bits per heavy atom. The Hall–Kier alpha value is -2.14. The number of pyridine rings is 1. The molecule has 0 spiro atoms. The van der Waals surface area contributed by atoms with Gasteiger partial charge in [0.25, 0.3) is 0 Å². The van der Waals surface area contributed by atoms with Gasteiger partial charge in [-0.1, -0.05) is 18.2 Å². The number of nitrogens with zero attached hydrogens (tertiary/aromatic N) is 1. The molecule has 1 aromatic carbocycles. The smallest absolute Gasteiger partial charge is 0.218 e. The molecule has 4 nitrogen and oxygen atoms in total. The summed E-state index contributed by atoms with van der Waals surface area (Å²) in [6, 6.07) is 7.69. The van der Waals surface area contributed by atoms with Gasteiger partial charge in [0.15, 0.2) is 11.6 Å². The molecule has 100 valence electrons. The molecular formula is C14H15FN2O2. The van der Waals surface area contributed by atoms with Crippen LogP contribution in [0, 0.1) is 5.82 Å². The highest BCUT2D eigenvalue weighted by Crippen LogP contribution is 2.30. The van der Waals surface area contributed by atoms with Gasteiger partial charge in [0.05, 0.1) is 20.3 Å². The molecule has 0 aliphatic carbocycles. The fraction of sp³-hybridized carbons (Fsp3) is 0.214. The molecule has 0 saturated carbocycles. The van der Waals surface area contributed by atoms with Crippen LogP contribution in [0.5, 0.6) is 11.6 Å². The maximum absolute atomic E-state index is 14.2. The standard InChI is InChI=1S/C14H15FN2O2/c1-18-11-7-3-5-9(12(11)15)13(16)10-6-4-8-17-14(10)19-2/h3-8,13H,16H2,1-2H3. The van der Waals surface area contributed by atoms with E-state index in [1.54, 1.807) is 36.5 Å². The molecule has 1 heterocycles. The summed E-state index contributed by atoms with van der Waals surface area (Å²) in [4.78, 5) is 4.06. The zero-order valence-corrected chi connectivity index (χ0v) is 10.8. The lowest BCUT2D eigenvalue weighted by molar-refractivity contribution is 0.380. The number of hydrogen-bond donors (Lipinski definition) is 1. The third-order valence-corrected chi connectivity index (χ3v) is 2.88. The lowest BCUT2D eigenvalue weighted by atomic mass is 10.00. The van der Waals surface area contributed by atoms with E-state index >= 15 is 0 Å². The van der Waals surface area contributed by atoms with Gasteiger partial charge in [-0.05, 0) is 12.1 Å². The van der Waals surface area contributed by atoms with Crippen LogP contribution in [0.25, 0.3) is 0 Å². The van der Waals surface area contributed by atoms with Crippen molar-refractivity contribution in [2.45, 2.75) is 6.04 Å². The van der Waals surface area contributed by atoms with Crippen molar-refractivity contribution >= 4 is 0 Å². The summed E-state index contributed by atoms with van der Waals surface area (Å²) in [7, 11) is 2.92. The van der Waals surface area contributed by atoms with Crippen LogP contribution in [0.4, 0.5) is 4.39 Å². The molecule has 2 N–H and O–H groups in total. The predicted molar refractivity (Wildman–Crippen MR) is 69.8 cm³/mol. The predicted octanol–water partition coefficient (Wildman–Crippen LogP) is 2.29. The molecule has 0 bridgehead atoms. The molecule has 1 unspecified atom stereocenters. The summed E-state index contributed by atoms with van der Waals surface area (Å²) < 4.78 is 24.3. The average Bonchev–Trinajstić information content (AvgIpc) is 2.46. The summed E-state index contributed by atoms with van der Waals surface area (Å²) in [5, 5.41) is 0. The normalized spacial score (nSPS) is 12.0. The minimum absolute atomic E-state index is 0.163. The van der Waals surface area contributed by atoms with Crippen LogP contribution in [-0.2, 0) is 0 Å². The van der Waals surface area contributed by atoms with E-state index in [2.05, 4.69) is 4.98 Å². The largest absolute Gasteiger partial charge is 0.494 e. The minimum atomic E-state index is -0.668. The van der Waals surface area contributed by atoms with Gasteiger partial charge >= 0.3 is 0 Å². The fourth-order valence-corrected chi connectivity index (χ4v) is 1.90. The molecule has 0 amide bonds. The second-order valence-electron chi connectivity index (χ2n) is 3.94. The van der Waals surface area contributed by atoms with Crippen LogP contribution in [0.1, 0.15) is 17.2 Å². The average molecular weight is 262 g/mol. The van der Waals surface area contributed by atoms with Crippen LogP contribution in [-0.4, -0.2) is 19.2 Å². The minimum Gasteiger partial charge on any atom is -0.494 e. The molecule has 0 saturated heterocycles. The molecule has 0 fully saturated rings. The van der Waals surface area contributed by atoms with Crippen molar-refractivity contribution in [2.75, 3.05) is 14.2 Å². The molecular weight excluding hydrogens is 247 g/mol. The third kappa shape index (κ3) is 2.51. The Kier molecular flexibility index (Phi) is 3.97. The summed E-state index contributed by atoms with van der Waals surface area (Å²) in [5.41, 5.74) is 7.06. The van der Waals surface area contributed by atoms with E-state index in [0.29, 0.717) is 17.0 Å². The molecule has 19 heavy (non-hydrogen) atoms. The SMILES string of the molecule is COc1cccc(C(N)c2cccnc2OC)c1F. The van der Waals surface area contributed by atoms with E-state index in [1.165, 1.54) is 14.2 Å². The van der Waals surface area contributed by atoms with Crippen molar-refractivity contribution in [3.63, 3.8) is 0 Å². The number of nitrogens with two attached hydrogens (primary N) is 1. The van der Waals surface area contributed by atoms with Crippen molar-refractivity contribution in [1.82, 2.24) is 4.98 Å². The van der Waals surface area contributed by atoms with Gasteiger partial charge in [0.2, 0.25) is 5.88 Å². The summed E-state index contributed by atoms with van der Waals surface area (Å²) >= 11 is 0. The van der Waals surface area contributed by atoms with Crippen LogP contribution in [0.3, 0.4) is 0 Å². The Bertz CT molecular complexity index is 575. The van der Waals surface area contributed by atoms with Crippen LogP contribution in [0.15, 0.2) is 36.5 Å². The first-order valence-electron chi connectivity index (χ1n) is 5.76. The third-order valence-electron chi connectivity index (χ3n) is 2.88. The summed E-state index contributed by atoms with van der Waals surface area (Å²) in [6.45, 7) is 0. The fourth-order valence-electron chi connectivity index (χ4n) is 1.90. The highest BCUT2D eigenvalue weighted by Gasteiger charge is 2.20. The lowest BCUT2D eigenvalue weighted by Crippen LogP contribution is -2.15. The van der Waals surface area contributed by atoms with E-state index in [1.807, 2.05) is 0 Å². The summed E-state index contributed by atoms with van der Waals surface area (Å²) in [6.07, 6.45) is 1.59. The van der Waals surface area contributed by atoms with E-state index in [9.17, 15) is 4.39 Å². The maximum Gasteiger partial charge on any atom is 0.218 e. The van der Waals surface area contributed by atoms with Gasteiger partial charge < -0.3 is 15.2 Å². The van der Waals surface area contributed by atoms with E-state index < -0.39 is 11.9 Å². The maximum atomic E-state index is 14.2. The quantitative estimate of drug-likeness (QED) is 0.918. The van der Waals surface area contributed by atoms with Crippen LogP contribution in [0.2, 0.25) is 0 Å². The molecule has 2 aromatic rings. The number of halogens is 1. The van der Waals surface area contributed by atoms with Crippen molar-refractivity contribution < 1.29 is 13.9 Å². The van der Waals surface area contributed by atoms with Gasteiger partial charge in [-0.3, -0.25) is 0 Å². The van der Waals surface area contributed by atoms with Crippen molar-refractivity contribution in [3.05, 3.63) is 53.5 Å². The molecule has 0 aliphatic rings. The second kappa shape index (κ2) is 5.67. The van der Waals surface area contributed by atoms with Gasteiger partial charge in [-0.2, -0.15) is 0 Å². The Morgan fingerprint density at radius 1 is 1.11 bits per heavy atom. The van der Waals surface area contributed by atoms with Crippen molar-refractivity contribution in [3.8, 4) is 11.6 Å². The highest BCUT2D eigenvalue weighted by atomic mass is 19.1. The molecule has 2 rings (SSSR count). The number of rotatable bonds is 4. The first-order valence-corrected chi connectivity index (χ1v) is 5.76. The Balaban J connectivity index is 2.47. The zero-order valence-electron chi connectivity index (χ0n) is 10.8. The summed E-state index contributed by atoms with van der Waals surface area (Å²) in [5.74, 6) is 0.0800. The second-order valence-corrected chi connectivity index (χ2v) is 3.94. The highest BCUT2D eigenvalue weighted by molar-refractivity contribution is 5.41. The Labute approximate surface area is 111 Å². The molecule has 1 atom stereocenters. The number of methoxy groups -OCH3 is 2. The lowest BCUT2D eigenvalue weighted by Gasteiger charge is -2.16. The van der Waals surface area contributed by atoms with Gasteiger partial charge in [0.1, 0.15) is 0 Å². The monoisotopic (exact) mass is 262 g/mol. The topological polar surface area (TPSA) is 57.4 Å². The van der Waals surface area contributed by atoms with E-state index in [0.717, 1.165) is 0 Å². The van der Waals surface area contributed by atoms with Gasteiger partial charge in [0, 0.05) is 17.3 Å². The molecule has 0 aliphatic heterocycles. The van der Waals surface area contributed by atoms with Crippen molar-refractivity contribution in [2.24, 2.45) is 5.73 Å². The number of benzene rings is 1. The Morgan fingerprint density at radius 2 is 1.84 bits per heavy atom. The van der Waals surface area contributed by atoms with Crippen LogP contribution >= 0.6 is 0 Å². The van der Waals surface area contributed by atoms with Gasteiger partial charge in [-0.15, -0.1) is 0 Å². The van der Waals surface area contributed by atoms with E-state index in [4.69, 9.17) is 15.2 Å². The van der Waals surface area contributed by atoms with Gasteiger partial charge in [-0.25, -0.2) is 9.37 Å². The first-order chi connectivity index (χ1) is 9.19. The van der Waals surface area contributed by atoms with Crippen molar-refractivity contribution in [1.29, 1.82) is 0 Å². The zero-order chi connectivity index (χ0) is 13.8. The number of hydrogen-bond acceptors (Lipinski definition) is 4. The van der Waals surface area contributed by atoms with Crippen LogP contribution < -0.4 is 15.2 Å². The molecule has 5 heteroatoms. The molecule has 1 aromatic heterocycles. The number of aromatic nitrogens is 1. The first kappa shape index (κ1) is 13.3. The number of ether oxygens (including phenoxy) is 2. The molecule has 0 radical (unpaired) electrons. The van der Waals surface area contributed by atoms with E-state index in [-0.39, 0.29) is 5.75 Å².